The van der Waals surface area contributed by atoms with Gasteiger partial charge in [-0.3, -0.25) is 4.79 Å². The van der Waals surface area contributed by atoms with E-state index in [-0.39, 0.29) is 27.7 Å². The maximum absolute atomic E-state index is 12.8. The molecule has 3 atom stereocenters. The van der Waals surface area contributed by atoms with Crippen LogP contribution in [0.3, 0.4) is 0 Å². The minimum Gasteiger partial charge on any atom is -0.356 e. The van der Waals surface area contributed by atoms with Crippen molar-refractivity contribution in [3.63, 3.8) is 0 Å². The molecular formula is C16H22N2O5S2. The molecule has 1 amide bonds. The van der Waals surface area contributed by atoms with Crippen molar-refractivity contribution in [3.05, 3.63) is 24.3 Å². The van der Waals surface area contributed by atoms with E-state index in [2.05, 4.69) is 5.32 Å². The second-order valence-electron chi connectivity index (χ2n) is 6.92. The molecule has 7 nitrogen and oxygen atoms in total. The molecule has 1 saturated heterocycles. The number of nitrogens with zero attached hydrogens (tertiary/aromatic N) is 1. The topological polar surface area (TPSA) is 101 Å². The summed E-state index contributed by atoms with van der Waals surface area (Å²) in [4.78, 5) is 11.7. The average Bonchev–Trinajstić information content (AvgIpc) is 2.96. The van der Waals surface area contributed by atoms with Gasteiger partial charge in [0.1, 0.15) is 0 Å². The molecule has 0 aromatic heterocycles. The predicted octanol–water partition coefficient (Wildman–Crippen LogP) is 0.625. The summed E-state index contributed by atoms with van der Waals surface area (Å²) in [5, 5.41) is 2.84. The third kappa shape index (κ3) is 3.58. The predicted molar refractivity (Wildman–Crippen MR) is 92.1 cm³/mol. The van der Waals surface area contributed by atoms with Gasteiger partial charge in [0.2, 0.25) is 15.9 Å². The molecule has 1 heterocycles. The number of amides is 1. The minimum atomic E-state index is -3.71. The van der Waals surface area contributed by atoms with E-state index in [4.69, 9.17) is 0 Å². The van der Waals surface area contributed by atoms with Crippen molar-refractivity contribution >= 4 is 25.8 Å². The second kappa shape index (κ2) is 6.37. The summed E-state index contributed by atoms with van der Waals surface area (Å²) in [6, 6.07) is 5.13. The highest BCUT2D eigenvalue weighted by Gasteiger charge is 2.42. The number of nitrogens with one attached hydrogen (secondary N) is 1. The van der Waals surface area contributed by atoms with Gasteiger partial charge >= 0.3 is 0 Å². The molecule has 1 aliphatic heterocycles. The van der Waals surface area contributed by atoms with Gasteiger partial charge in [-0.15, -0.1) is 0 Å². The van der Waals surface area contributed by atoms with Crippen molar-refractivity contribution in [2.45, 2.75) is 35.1 Å². The third-order valence-electron chi connectivity index (χ3n) is 5.27. The lowest BCUT2D eigenvalue weighted by Gasteiger charge is -2.24. The van der Waals surface area contributed by atoms with Crippen LogP contribution in [-0.2, 0) is 24.7 Å². The maximum atomic E-state index is 12.8. The Morgan fingerprint density at radius 2 is 1.56 bits per heavy atom. The molecule has 0 spiro atoms. The normalized spacial score (nSPS) is 27.2. The van der Waals surface area contributed by atoms with Crippen molar-refractivity contribution in [1.29, 1.82) is 0 Å². The van der Waals surface area contributed by atoms with E-state index in [1.807, 2.05) is 0 Å². The van der Waals surface area contributed by atoms with Crippen LogP contribution in [-0.4, -0.2) is 52.9 Å². The lowest BCUT2D eigenvalue weighted by molar-refractivity contribution is -0.124. The van der Waals surface area contributed by atoms with Crippen molar-refractivity contribution in [3.8, 4) is 0 Å². The fourth-order valence-electron chi connectivity index (χ4n) is 3.75. The number of carbonyl (C=O) groups excluding carboxylic acids is 1. The van der Waals surface area contributed by atoms with Gasteiger partial charge in [0.05, 0.1) is 9.79 Å². The standard InChI is InChI=1S/C16H22N2O5S2/c1-18(13-7-11-9-16(19)17-10-12(11)8-13)25(22,23)15-5-3-14(4-6-15)24(2,20)21/h3-6,11-13H,7-10H2,1-2H3,(H,17,19)/t11-,12+,13-/m0/s1. The molecule has 1 aromatic rings. The molecule has 0 bridgehead atoms. The molecule has 9 heteroatoms. The van der Waals surface area contributed by atoms with Gasteiger partial charge < -0.3 is 5.32 Å². The second-order valence-corrected chi connectivity index (χ2v) is 10.9. The Balaban J connectivity index is 1.79. The van der Waals surface area contributed by atoms with Gasteiger partial charge in [-0.2, -0.15) is 4.31 Å². The molecule has 2 fully saturated rings. The summed E-state index contributed by atoms with van der Waals surface area (Å²) in [7, 11) is -5.52. The van der Waals surface area contributed by atoms with Gasteiger partial charge in [-0.1, -0.05) is 0 Å². The van der Waals surface area contributed by atoms with Crippen molar-refractivity contribution in [2.75, 3.05) is 19.8 Å². The quantitative estimate of drug-likeness (QED) is 0.818. The molecule has 1 saturated carbocycles. The lowest BCUT2D eigenvalue weighted by atomic mass is 9.89. The largest absolute Gasteiger partial charge is 0.356 e. The Morgan fingerprint density at radius 1 is 1.00 bits per heavy atom. The summed E-state index contributed by atoms with van der Waals surface area (Å²) in [5.74, 6) is 0.570. The first-order valence-electron chi connectivity index (χ1n) is 8.14. The number of piperidine rings is 1. The molecule has 3 rings (SSSR count). The molecule has 1 aromatic carbocycles. The van der Waals surface area contributed by atoms with Gasteiger partial charge in [-0.05, 0) is 48.9 Å². The minimum absolute atomic E-state index is 0.0313. The fourth-order valence-corrected chi connectivity index (χ4v) is 5.76. The van der Waals surface area contributed by atoms with Gasteiger partial charge in [0.25, 0.3) is 0 Å². The number of fused-ring (bicyclic) bond motifs is 1. The zero-order valence-electron chi connectivity index (χ0n) is 14.2. The Bertz CT molecular complexity index is 878. The van der Waals surface area contributed by atoms with E-state index in [0.717, 1.165) is 12.7 Å². The highest BCUT2D eigenvalue weighted by Crippen LogP contribution is 2.39. The first kappa shape index (κ1) is 18.3. The van der Waals surface area contributed by atoms with E-state index >= 15 is 0 Å². The highest BCUT2D eigenvalue weighted by atomic mass is 32.2. The maximum Gasteiger partial charge on any atom is 0.243 e. The fraction of sp³-hybridized carbons (Fsp3) is 0.562. The summed E-state index contributed by atoms with van der Waals surface area (Å²) in [6.07, 6.45) is 2.94. The molecular weight excluding hydrogens is 364 g/mol. The zero-order valence-corrected chi connectivity index (χ0v) is 15.8. The molecule has 138 valence electrons. The molecule has 2 aliphatic rings. The molecule has 0 unspecified atom stereocenters. The Hall–Kier alpha value is -1.45. The van der Waals surface area contributed by atoms with Crippen molar-refractivity contribution < 1.29 is 21.6 Å². The molecule has 25 heavy (non-hydrogen) atoms. The summed E-state index contributed by atoms with van der Waals surface area (Å²) in [6.45, 7) is 0.608. The van der Waals surface area contributed by atoms with Crippen LogP contribution in [0.15, 0.2) is 34.1 Å². The Morgan fingerprint density at radius 3 is 2.16 bits per heavy atom. The highest BCUT2D eigenvalue weighted by molar-refractivity contribution is 7.90. The van der Waals surface area contributed by atoms with Crippen LogP contribution in [0, 0.1) is 11.8 Å². The first-order valence-corrected chi connectivity index (χ1v) is 11.5. The Labute approximate surface area is 148 Å². The van der Waals surface area contributed by atoms with Crippen LogP contribution in [0.4, 0.5) is 0 Å². The van der Waals surface area contributed by atoms with Crippen LogP contribution in [0.25, 0.3) is 0 Å². The molecule has 0 radical (unpaired) electrons. The molecule has 1 aliphatic carbocycles. The van der Waals surface area contributed by atoms with Gasteiger partial charge in [0, 0.05) is 32.3 Å². The van der Waals surface area contributed by atoms with Gasteiger partial charge in [0.15, 0.2) is 9.84 Å². The van der Waals surface area contributed by atoms with E-state index < -0.39 is 19.9 Å². The smallest absolute Gasteiger partial charge is 0.243 e. The lowest BCUT2D eigenvalue weighted by Crippen LogP contribution is -2.38. The van der Waals surface area contributed by atoms with Crippen LogP contribution in [0.5, 0.6) is 0 Å². The van der Waals surface area contributed by atoms with E-state index in [0.29, 0.717) is 25.3 Å². The van der Waals surface area contributed by atoms with Crippen LogP contribution >= 0.6 is 0 Å². The SMILES string of the molecule is CN([C@H]1C[C@H]2CC(=O)NC[C@H]2C1)S(=O)(=O)c1ccc(S(C)(=O)=O)cc1. The number of hydrogen-bond donors (Lipinski definition) is 1. The first-order chi connectivity index (χ1) is 11.6. The molecule has 1 N–H and O–H groups in total. The summed E-state index contributed by atoms with van der Waals surface area (Å²) in [5.41, 5.74) is 0. The summed E-state index contributed by atoms with van der Waals surface area (Å²) < 4.78 is 50.1. The number of benzene rings is 1. The van der Waals surface area contributed by atoms with Gasteiger partial charge in [-0.25, -0.2) is 16.8 Å². The van der Waals surface area contributed by atoms with Crippen LogP contribution in [0.1, 0.15) is 19.3 Å². The Kier molecular flexibility index (Phi) is 4.67. The van der Waals surface area contributed by atoms with E-state index in [1.54, 1.807) is 7.05 Å². The average molecular weight is 386 g/mol. The zero-order chi connectivity index (χ0) is 18.4. The monoisotopic (exact) mass is 386 g/mol. The third-order valence-corrected chi connectivity index (χ3v) is 8.32. The van der Waals surface area contributed by atoms with E-state index in [1.165, 1.54) is 28.6 Å². The number of hydrogen-bond acceptors (Lipinski definition) is 5. The number of carbonyl (C=O) groups is 1. The summed E-state index contributed by atoms with van der Waals surface area (Å²) >= 11 is 0. The number of rotatable bonds is 4. The number of sulfonamides is 1. The van der Waals surface area contributed by atoms with Crippen LogP contribution < -0.4 is 5.32 Å². The van der Waals surface area contributed by atoms with E-state index in [9.17, 15) is 21.6 Å². The van der Waals surface area contributed by atoms with Crippen molar-refractivity contribution in [1.82, 2.24) is 9.62 Å². The van der Waals surface area contributed by atoms with Crippen molar-refractivity contribution in [2.24, 2.45) is 11.8 Å². The van der Waals surface area contributed by atoms with Crippen LogP contribution in [0.2, 0.25) is 0 Å². The number of sulfone groups is 1.